The van der Waals surface area contributed by atoms with Gasteiger partial charge in [-0.25, -0.2) is 8.42 Å². The van der Waals surface area contributed by atoms with Crippen LogP contribution < -0.4 is 5.73 Å². The highest BCUT2D eigenvalue weighted by molar-refractivity contribution is 7.89. The Labute approximate surface area is 139 Å². The molecular weight excluding hydrogens is 365 g/mol. The Morgan fingerprint density at radius 2 is 2.12 bits per heavy atom. The molecule has 1 aliphatic rings. The largest absolute Gasteiger partial charge is 0.442 e. The van der Waals surface area contributed by atoms with Gasteiger partial charge in [0.1, 0.15) is 17.4 Å². The molecule has 0 aliphatic carbocycles. The summed E-state index contributed by atoms with van der Waals surface area (Å²) < 4.78 is 69.0. The fraction of sp³-hybridized carbons (Fsp3) is 0.385. The predicted molar refractivity (Wildman–Crippen MR) is 77.4 cm³/mol. The van der Waals surface area contributed by atoms with Crippen molar-refractivity contribution in [2.45, 2.75) is 30.2 Å². The molecule has 0 radical (unpaired) electrons. The zero-order valence-electron chi connectivity index (χ0n) is 12.6. The minimum atomic E-state index is -4.61. The van der Waals surface area contributed by atoms with E-state index in [1.165, 1.54) is 6.07 Å². The fourth-order valence-electron chi connectivity index (χ4n) is 2.62. The lowest BCUT2D eigenvalue weighted by Crippen LogP contribution is -2.43. The Balaban J connectivity index is 1.90. The van der Waals surface area contributed by atoms with Crippen LogP contribution >= 0.6 is 0 Å². The van der Waals surface area contributed by atoms with Crippen molar-refractivity contribution in [2.24, 2.45) is 5.73 Å². The molecule has 0 bridgehead atoms. The summed E-state index contributed by atoms with van der Waals surface area (Å²) in [5.41, 5.74) is 3.93. The van der Waals surface area contributed by atoms with Crippen molar-refractivity contribution < 1.29 is 30.8 Å². The molecule has 1 fully saturated rings. The molecule has 3 heterocycles. The summed E-state index contributed by atoms with van der Waals surface area (Å²) in [6, 6.07) is 2.03. The summed E-state index contributed by atoms with van der Waals surface area (Å²) >= 11 is 0. The molecule has 25 heavy (non-hydrogen) atoms. The van der Waals surface area contributed by atoms with Crippen LogP contribution in [-0.4, -0.2) is 41.4 Å². The van der Waals surface area contributed by atoms with Crippen LogP contribution in [0, 0.1) is 0 Å². The van der Waals surface area contributed by atoms with Crippen molar-refractivity contribution in [3.63, 3.8) is 0 Å². The number of alkyl halides is 3. The first-order valence-corrected chi connectivity index (χ1v) is 8.58. The van der Waals surface area contributed by atoms with Gasteiger partial charge in [-0.2, -0.15) is 22.6 Å². The van der Waals surface area contributed by atoms with Crippen molar-refractivity contribution in [3.8, 4) is 11.5 Å². The monoisotopic (exact) mass is 378 g/mol. The van der Waals surface area contributed by atoms with E-state index in [0.29, 0.717) is 18.9 Å². The van der Waals surface area contributed by atoms with E-state index < -0.39 is 38.9 Å². The number of primary amides is 1. The number of aromatic nitrogens is 2. The normalized spacial score (nSPS) is 19.4. The second kappa shape index (κ2) is 5.88. The zero-order valence-corrected chi connectivity index (χ0v) is 13.4. The van der Waals surface area contributed by atoms with Crippen molar-refractivity contribution in [3.05, 3.63) is 23.9 Å². The molecule has 0 saturated carbocycles. The Kier molecular flexibility index (Phi) is 4.11. The van der Waals surface area contributed by atoms with Crippen molar-refractivity contribution >= 4 is 15.9 Å². The van der Waals surface area contributed by atoms with Gasteiger partial charge in [-0.3, -0.25) is 9.89 Å². The first-order valence-electron chi connectivity index (χ1n) is 7.14. The summed E-state index contributed by atoms with van der Waals surface area (Å²) in [7, 11) is -4.14. The van der Waals surface area contributed by atoms with Crippen LogP contribution in [-0.2, 0) is 21.0 Å². The second-order valence-corrected chi connectivity index (χ2v) is 7.28. The average molecular weight is 378 g/mol. The van der Waals surface area contributed by atoms with E-state index in [1.807, 2.05) is 5.10 Å². The number of hydrogen-bond donors (Lipinski definition) is 2. The number of aromatic amines is 1. The van der Waals surface area contributed by atoms with Crippen molar-refractivity contribution in [2.75, 3.05) is 6.54 Å². The molecule has 1 amide bonds. The first kappa shape index (κ1) is 17.5. The number of nitrogens with one attached hydrogen (secondary N) is 1. The molecule has 3 rings (SSSR count). The number of nitrogens with two attached hydrogens (primary N) is 1. The summed E-state index contributed by atoms with van der Waals surface area (Å²) in [5.74, 6) is -0.921. The lowest BCUT2D eigenvalue weighted by Gasteiger charge is -2.19. The number of H-pyrrole nitrogens is 1. The molecule has 1 aliphatic heterocycles. The second-order valence-electron chi connectivity index (χ2n) is 5.46. The predicted octanol–water partition coefficient (Wildman–Crippen LogP) is 1.33. The topological polar surface area (TPSA) is 122 Å². The number of furan rings is 1. The molecule has 2 aromatic heterocycles. The van der Waals surface area contributed by atoms with Gasteiger partial charge in [0.2, 0.25) is 11.0 Å². The Bertz CT molecular complexity index is 903. The standard InChI is InChI=1S/C13H13F3N4O4S/c14-13(15,16)10-6-7(18-19-10)9-3-4-11(24-9)25(22,23)20-5-1-2-8(20)12(17)21/h3-4,6,8H,1-2,5H2,(H2,17,21)(H,18,19)/t8-/m0/s1. The third-order valence-corrected chi connectivity index (χ3v) is 5.59. The summed E-state index contributed by atoms with van der Waals surface area (Å²) in [6.45, 7) is 0.104. The van der Waals surface area contributed by atoms with E-state index in [1.54, 1.807) is 0 Å². The smallest absolute Gasteiger partial charge is 0.432 e. The molecule has 2 aromatic rings. The molecule has 1 saturated heterocycles. The van der Waals surface area contributed by atoms with E-state index in [-0.39, 0.29) is 18.0 Å². The van der Waals surface area contributed by atoms with Crippen LogP contribution in [0.1, 0.15) is 18.5 Å². The number of carbonyl (C=O) groups is 1. The number of hydrogen-bond acceptors (Lipinski definition) is 5. The maximum absolute atomic E-state index is 12.6. The molecule has 12 heteroatoms. The quantitative estimate of drug-likeness (QED) is 0.831. The lowest BCUT2D eigenvalue weighted by atomic mass is 10.2. The van der Waals surface area contributed by atoms with E-state index >= 15 is 0 Å². The van der Waals surface area contributed by atoms with Gasteiger partial charge in [0.25, 0.3) is 10.0 Å². The number of nitrogens with zero attached hydrogens (tertiary/aromatic N) is 2. The van der Waals surface area contributed by atoms with Crippen LogP contribution in [0.2, 0.25) is 0 Å². The molecule has 136 valence electrons. The number of carbonyl (C=O) groups excluding carboxylic acids is 1. The van der Waals surface area contributed by atoms with Crippen LogP contribution in [0.25, 0.3) is 11.5 Å². The average Bonchev–Trinajstić information content (AvgIpc) is 3.25. The SMILES string of the molecule is NC(=O)[C@@H]1CCCN1S(=O)(=O)c1ccc(-c2cc(C(F)(F)F)[nH]n2)o1. The van der Waals surface area contributed by atoms with Crippen LogP contribution in [0.15, 0.2) is 27.7 Å². The van der Waals surface area contributed by atoms with Crippen LogP contribution in [0.5, 0.6) is 0 Å². The van der Waals surface area contributed by atoms with E-state index in [4.69, 9.17) is 10.2 Å². The summed E-state index contributed by atoms with van der Waals surface area (Å²) in [5, 5.41) is 4.79. The lowest BCUT2D eigenvalue weighted by molar-refractivity contribution is -0.141. The highest BCUT2D eigenvalue weighted by Crippen LogP contribution is 2.33. The third-order valence-electron chi connectivity index (χ3n) is 3.81. The third kappa shape index (κ3) is 3.14. The first-order chi connectivity index (χ1) is 11.6. The van der Waals surface area contributed by atoms with Crippen LogP contribution in [0.3, 0.4) is 0 Å². The number of halogens is 3. The van der Waals surface area contributed by atoms with Crippen LogP contribution in [0.4, 0.5) is 13.2 Å². The van der Waals surface area contributed by atoms with Gasteiger partial charge in [-0.15, -0.1) is 0 Å². The fourth-order valence-corrected chi connectivity index (χ4v) is 4.20. The molecule has 3 N–H and O–H groups in total. The molecule has 0 unspecified atom stereocenters. The van der Waals surface area contributed by atoms with E-state index in [2.05, 4.69) is 5.10 Å². The number of sulfonamides is 1. The Morgan fingerprint density at radius 1 is 1.40 bits per heavy atom. The minimum Gasteiger partial charge on any atom is -0.442 e. The van der Waals surface area contributed by atoms with E-state index in [9.17, 15) is 26.4 Å². The van der Waals surface area contributed by atoms with Gasteiger partial charge < -0.3 is 10.2 Å². The number of amides is 1. The maximum Gasteiger partial charge on any atom is 0.432 e. The summed E-state index contributed by atoms with van der Waals surface area (Å²) in [4.78, 5) is 11.4. The van der Waals surface area contributed by atoms with Gasteiger partial charge in [0, 0.05) is 6.54 Å². The molecular formula is C13H13F3N4O4S. The molecule has 8 nitrogen and oxygen atoms in total. The Hall–Kier alpha value is -2.34. The molecule has 0 aromatic carbocycles. The van der Waals surface area contributed by atoms with Gasteiger partial charge >= 0.3 is 6.18 Å². The highest BCUT2D eigenvalue weighted by Gasteiger charge is 2.40. The van der Waals surface area contributed by atoms with Gasteiger partial charge in [-0.05, 0) is 31.0 Å². The Morgan fingerprint density at radius 3 is 2.72 bits per heavy atom. The van der Waals surface area contributed by atoms with Crippen molar-refractivity contribution in [1.29, 1.82) is 0 Å². The maximum atomic E-state index is 12.6. The van der Waals surface area contributed by atoms with Gasteiger partial charge in [-0.1, -0.05) is 0 Å². The van der Waals surface area contributed by atoms with Crippen molar-refractivity contribution in [1.82, 2.24) is 14.5 Å². The number of rotatable bonds is 4. The van der Waals surface area contributed by atoms with Gasteiger partial charge in [0.15, 0.2) is 5.76 Å². The molecule has 1 atom stereocenters. The molecule has 0 spiro atoms. The van der Waals surface area contributed by atoms with E-state index in [0.717, 1.165) is 10.4 Å². The highest BCUT2D eigenvalue weighted by atomic mass is 32.2. The van der Waals surface area contributed by atoms with Gasteiger partial charge in [0.05, 0.1) is 0 Å². The minimum absolute atomic E-state index is 0.104. The zero-order chi connectivity index (χ0) is 18.4. The summed E-state index contributed by atoms with van der Waals surface area (Å²) in [6.07, 6.45) is -3.85.